The van der Waals surface area contributed by atoms with E-state index in [1.54, 1.807) is 33.3 Å². The first-order valence-corrected chi connectivity index (χ1v) is 7.57. The third-order valence-corrected chi connectivity index (χ3v) is 5.74. The largest absolute Gasteiger partial charge is 0.493 e. The van der Waals surface area contributed by atoms with Crippen molar-refractivity contribution < 1.29 is 13.7 Å². The van der Waals surface area contributed by atoms with Crippen LogP contribution in [-0.2, 0) is 9.73 Å². The van der Waals surface area contributed by atoms with Crippen molar-refractivity contribution in [3.8, 4) is 11.5 Å². The second-order valence-corrected chi connectivity index (χ2v) is 7.25. The maximum atomic E-state index is 13.1. The summed E-state index contributed by atoms with van der Waals surface area (Å²) in [5.74, 6) is 1.64. The summed E-state index contributed by atoms with van der Waals surface area (Å²) in [6, 6.07) is 3.46. The molecule has 1 heterocycles. The maximum Gasteiger partial charge on any atom is 0.162 e. The zero-order valence-corrected chi connectivity index (χ0v) is 12.6. The van der Waals surface area contributed by atoms with Crippen molar-refractivity contribution >= 4 is 21.3 Å². The number of hydrogen-bond donors (Lipinski definition) is 0. The Morgan fingerprint density at radius 1 is 1.16 bits per heavy atom. The van der Waals surface area contributed by atoms with Crippen molar-refractivity contribution in [1.82, 2.24) is 0 Å². The Kier molecular flexibility index (Phi) is 3.54. The van der Waals surface area contributed by atoms with Gasteiger partial charge >= 0.3 is 0 Å². The molecule has 1 aliphatic rings. The second kappa shape index (κ2) is 4.85. The van der Waals surface area contributed by atoms with E-state index in [-0.39, 0.29) is 5.25 Å². The number of nitrogens with zero attached hydrogens (tertiary/aromatic N) is 2. The van der Waals surface area contributed by atoms with E-state index in [1.807, 2.05) is 13.8 Å². The lowest BCUT2D eigenvalue weighted by Crippen LogP contribution is -2.18. The summed E-state index contributed by atoms with van der Waals surface area (Å²) in [4.78, 5) is 4.96. The minimum atomic E-state index is -2.51. The van der Waals surface area contributed by atoms with Crippen LogP contribution in [0.2, 0.25) is 0 Å². The highest BCUT2D eigenvalue weighted by Gasteiger charge is 2.27. The minimum Gasteiger partial charge on any atom is -0.493 e. The third kappa shape index (κ3) is 2.20. The Bertz CT molecular complexity index is 656. The van der Waals surface area contributed by atoms with Crippen molar-refractivity contribution in [2.75, 3.05) is 14.2 Å². The molecular weight excluding hydrogens is 264 g/mol. The van der Waals surface area contributed by atoms with Crippen molar-refractivity contribution in [2.45, 2.75) is 30.9 Å². The van der Waals surface area contributed by atoms with E-state index in [2.05, 4.69) is 9.36 Å². The first-order chi connectivity index (χ1) is 8.92. The van der Waals surface area contributed by atoms with Gasteiger partial charge in [0.25, 0.3) is 0 Å². The molecule has 0 amide bonds. The molecule has 1 aromatic carbocycles. The molecule has 6 heteroatoms. The molecule has 0 N–H and O–H groups in total. The average Bonchev–Trinajstić information content (AvgIpc) is 2.36. The van der Waals surface area contributed by atoms with Crippen LogP contribution in [-0.4, -0.2) is 29.5 Å². The van der Waals surface area contributed by atoms with E-state index in [4.69, 9.17) is 9.47 Å². The van der Waals surface area contributed by atoms with Crippen LogP contribution in [0, 0.1) is 0 Å². The molecular formula is C13H18N2O3S. The van der Waals surface area contributed by atoms with Gasteiger partial charge < -0.3 is 9.47 Å². The highest BCUT2D eigenvalue weighted by atomic mass is 32.2. The van der Waals surface area contributed by atoms with Gasteiger partial charge in [0, 0.05) is 17.4 Å². The average molecular weight is 282 g/mol. The highest BCUT2D eigenvalue weighted by molar-refractivity contribution is 7.94. The van der Waals surface area contributed by atoms with E-state index in [9.17, 15) is 4.21 Å². The lowest BCUT2D eigenvalue weighted by atomic mass is 10.2. The van der Waals surface area contributed by atoms with Crippen LogP contribution in [0.3, 0.4) is 0 Å². The Morgan fingerprint density at radius 3 is 2.26 bits per heavy atom. The molecule has 0 saturated carbocycles. The van der Waals surface area contributed by atoms with Crippen LogP contribution in [0.4, 0.5) is 5.69 Å². The molecule has 104 valence electrons. The first-order valence-electron chi connectivity index (χ1n) is 5.99. The fourth-order valence-electron chi connectivity index (χ4n) is 1.97. The number of amidine groups is 1. The summed E-state index contributed by atoms with van der Waals surface area (Å²) in [5.41, 5.74) is 0.642. The summed E-state index contributed by atoms with van der Waals surface area (Å²) in [6.45, 7) is 5.54. The number of fused-ring (bicyclic) bond motifs is 1. The van der Waals surface area contributed by atoms with E-state index in [1.165, 1.54) is 0 Å². The molecule has 1 aliphatic heterocycles. The molecule has 2 rings (SSSR count). The van der Waals surface area contributed by atoms with E-state index >= 15 is 0 Å². The number of benzene rings is 1. The zero-order valence-electron chi connectivity index (χ0n) is 11.8. The van der Waals surface area contributed by atoms with Crippen molar-refractivity contribution in [3.63, 3.8) is 0 Å². The lowest BCUT2D eigenvalue weighted by Gasteiger charge is -2.21. The van der Waals surface area contributed by atoms with Crippen LogP contribution < -0.4 is 9.47 Å². The van der Waals surface area contributed by atoms with Crippen molar-refractivity contribution in [1.29, 1.82) is 0 Å². The van der Waals surface area contributed by atoms with E-state index < -0.39 is 9.73 Å². The monoisotopic (exact) mass is 282 g/mol. The molecule has 0 aromatic heterocycles. The smallest absolute Gasteiger partial charge is 0.162 e. The molecule has 5 nitrogen and oxygen atoms in total. The Labute approximate surface area is 113 Å². The number of ether oxygens (including phenoxy) is 2. The highest BCUT2D eigenvalue weighted by Crippen LogP contribution is 2.41. The van der Waals surface area contributed by atoms with Gasteiger partial charge in [-0.3, -0.25) is 0 Å². The maximum absolute atomic E-state index is 13.1. The number of methoxy groups -OCH3 is 2. The van der Waals surface area contributed by atoms with Crippen molar-refractivity contribution in [3.05, 3.63) is 12.1 Å². The molecule has 1 unspecified atom stereocenters. The molecule has 0 radical (unpaired) electrons. The summed E-state index contributed by atoms with van der Waals surface area (Å²) in [6.07, 6.45) is 0. The predicted molar refractivity (Wildman–Crippen MR) is 76.3 cm³/mol. The quantitative estimate of drug-likeness (QED) is 0.856. The van der Waals surface area contributed by atoms with Gasteiger partial charge in [0.05, 0.1) is 34.5 Å². The summed E-state index contributed by atoms with van der Waals surface area (Å²) < 4.78 is 27.8. The number of hydrogen-bond acceptors (Lipinski definition) is 5. The standard InChI is InChI=1S/C13H18N2O3S/c1-8(2)19(16)13-7-12(18-5)11(17-4)6-10(13)14-9(3)15-19/h6-8H,1-5H3. The summed E-state index contributed by atoms with van der Waals surface area (Å²) in [5, 5.41) is -0.102. The van der Waals surface area contributed by atoms with Gasteiger partial charge in [0.15, 0.2) is 11.5 Å². The number of rotatable bonds is 3. The van der Waals surface area contributed by atoms with Crippen molar-refractivity contribution in [2.24, 2.45) is 9.36 Å². The van der Waals surface area contributed by atoms with Crippen LogP contribution in [0.25, 0.3) is 0 Å². The van der Waals surface area contributed by atoms with Gasteiger partial charge in [-0.1, -0.05) is 0 Å². The lowest BCUT2D eigenvalue weighted by molar-refractivity contribution is 0.354. The zero-order chi connectivity index (χ0) is 14.2. The summed E-state index contributed by atoms with van der Waals surface area (Å²) >= 11 is 0. The molecule has 0 bridgehead atoms. The normalized spacial score (nSPS) is 21.5. The fraction of sp³-hybridized carbons (Fsp3) is 0.462. The molecule has 19 heavy (non-hydrogen) atoms. The molecule has 0 spiro atoms. The Balaban J connectivity index is 2.79. The molecule has 1 aromatic rings. The minimum absolute atomic E-state index is 0.102. The number of aliphatic imine (C=N–C) groups is 1. The Hall–Kier alpha value is -1.56. The van der Waals surface area contributed by atoms with Gasteiger partial charge in [-0.05, 0) is 20.8 Å². The van der Waals surface area contributed by atoms with Gasteiger partial charge in [0.1, 0.15) is 5.84 Å². The molecule has 0 fully saturated rings. The van der Waals surface area contributed by atoms with E-state index in [0.29, 0.717) is 27.9 Å². The van der Waals surface area contributed by atoms with Gasteiger partial charge in [0.2, 0.25) is 0 Å². The van der Waals surface area contributed by atoms with E-state index in [0.717, 1.165) is 0 Å². The van der Waals surface area contributed by atoms with Gasteiger partial charge in [-0.15, -0.1) is 0 Å². The molecule has 1 atom stereocenters. The van der Waals surface area contributed by atoms with Crippen LogP contribution in [0.5, 0.6) is 11.5 Å². The van der Waals surface area contributed by atoms with Crippen LogP contribution >= 0.6 is 0 Å². The third-order valence-electron chi connectivity index (χ3n) is 2.97. The molecule has 0 saturated heterocycles. The molecule has 0 aliphatic carbocycles. The fourth-order valence-corrected chi connectivity index (χ4v) is 3.90. The topological polar surface area (TPSA) is 60.2 Å². The predicted octanol–water partition coefficient (Wildman–Crippen LogP) is 3.00. The SMILES string of the molecule is COc1cc2c(cc1OC)S(=O)(C(C)C)=NC(C)=N2. The second-order valence-electron chi connectivity index (χ2n) is 4.54. The van der Waals surface area contributed by atoms with Crippen LogP contribution in [0.15, 0.2) is 26.4 Å². The van der Waals surface area contributed by atoms with Gasteiger partial charge in [-0.25, -0.2) is 9.20 Å². The first kappa shape index (κ1) is 13.9. The van der Waals surface area contributed by atoms with Crippen LogP contribution in [0.1, 0.15) is 20.8 Å². The van der Waals surface area contributed by atoms with Gasteiger partial charge in [-0.2, -0.15) is 4.36 Å². The summed E-state index contributed by atoms with van der Waals surface area (Å²) in [7, 11) is 0.601. The Morgan fingerprint density at radius 2 is 1.74 bits per heavy atom.